The van der Waals surface area contributed by atoms with E-state index in [4.69, 9.17) is 0 Å². The van der Waals surface area contributed by atoms with E-state index in [0.29, 0.717) is 6.42 Å². The number of aromatic nitrogens is 2. The standard InChI is InChI=1S/C11H20N4O3S/c1-4-10(15-8-5-6-13-15)11(16)12-7-9-14(2)19(3,17)18/h5-6,8,10H,4,7,9H2,1-3H3,(H,12,16)/t10-/m1/s1. The van der Waals surface area contributed by atoms with Crippen LogP contribution in [0.5, 0.6) is 0 Å². The van der Waals surface area contributed by atoms with Crippen LogP contribution in [-0.2, 0) is 14.8 Å². The Morgan fingerprint density at radius 3 is 2.68 bits per heavy atom. The normalized spacial score (nSPS) is 13.5. The Morgan fingerprint density at radius 2 is 2.21 bits per heavy atom. The smallest absolute Gasteiger partial charge is 0.244 e. The molecule has 0 fully saturated rings. The number of hydrogen-bond acceptors (Lipinski definition) is 4. The molecule has 0 aliphatic carbocycles. The van der Waals surface area contributed by atoms with Crippen molar-refractivity contribution in [2.75, 3.05) is 26.4 Å². The van der Waals surface area contributed by atoms with Crippen molar-refractivity contribution in [1.82, 2.24) is 19.4 Å². The predicted octanol–water partition coefficient (Wildman–Crippen LogP) is -0.158. The molecule has 0 aromatic carbocycles. The fraction of sp³-hybridized carbons (Fsp3) is 0.636. The van der Waals surface area contributed by atoms with Gasteiger partial charge in [0.1, 0.15) is 6.04 Å². The first-order valence-corrected chi connectivity index (χ1v) is 7.89. The maximum atomic E-state index is 12.0. The van der Waals surface area contributed by atoms with E-state index in [2.05, 4.69) is 10.4 Å². The van der Waals surface area contributed by atoms with Crippen LogP contribution in [0.4, 0.5) is 0 Å². The van der Waals surface area contributed by atoms with Crippen LogP contribution in [0.2, 0.25) is 0 Å². The van der Waals surface area contributed by atoms with Crippen molar-refractivity contribution in [1.29, 1.82) is 0 Å². The summed E-state index contributed by atoms with van der Waals surface area (Å²) in [5.41, 5.74) is 0. The van der Waals surface area contributed by atoms with Crippen molar-refractivity contribution in [3.05, 3.63) is 18.5 Å². The average Bonchev–Trinajstić information content (AvgIpc) is 2.82. The highest BCUT2D eigenvalue weighted by Crippen LogP contribution is 2.09. The van der Waals surface area contributed by atoms with E-state index in [1.807, 2.05) is 6.92 Å². The minimum absolute atomic E-state index is 0.159. The number of carbonyl (C=O) groups is 1. The molecule has 1 amide bonds. The van der Waals surface area contributed by atoms with Crippen molar-refractivity contribution in [3.8, 4) is 0 Å². The highest BCUT2D eigenvalue weighted by atomic mass is 32.2. The molecule has 0 saturated heterocycles. The molecule has 0 spiro atoms. The first kappa shape index (κ1) is 15.6. The Morgan fingerprint density at radius 1 is 1.53 bits per heavy atom. The summed E-state index contributed by atoms with van der Waals surface area (Å²) in [7, 11) is -1.73. The molecule has 0 saturated carbocycles. The SMILES string of the molecule is CC[C@H](C(=O)NCCN(C)S(C)(=O)=O)n1cccn1. The summed E-state index contributed by atoms with van der Waals surface area (Å²) in [6.07, 6.45) is 5.10. The number of rotatable bonds is 7. The van der Waals surface area contributed by atoms with Crippen LogP contribution in [-0.4, -0.2) is 54.8 Å². The van der Waals surface area contributed by atoms with Gasteiger partial charge in [0.05, 0.1) is 6.26 Å². The lowest BCUT2D eigenvalue weighted by atomic mass is 10.2. The zero-order valence-corrected chi connectivity index (χ0v) is 12.2. The van der Waals surface area contributed by atoms with Gasteiger partial charge in [0.2, 0.25) is 15.9 Å². The third-order valence-electron chi connectivity index (χ3n) is 2.83. The third-order valence-corrected chi connectivity index (χ3v) is 4.14. The van der Waals surface area contributed by atoms with Gasteiger partial charge in [0, 0.05) is 32.5 Å². The maximum absolute atomic E-state index is 12.0. The Kier molecular flexibility index (Phi) is 5.49. The van der Waals surface area contributed by atoms with E-state index >= 15 is 0 Å². The van der Waals surface area contributed by atoms with E-state index in [9.17, 15) is 13.2 Å². The number of nitrogens with zero attached hydrogens (tertiary/aromatic N) is 3. The summed E-state index contributed by atoms with van der Waals surface area (Å²) < 4.78 is 25.2. The first-order chi connectivity index (χ1) is 8.86. The van der Waals surface area contributed by atoms with Crippen LogP contribution < -0.4 is 5.32 Å². The van der Waals surface area contributed by atoms with E-state index in [1.165, 1.54) is 11.4 Å². The summed E-state index contributed by atoms with van der Waals surface area (Å²) in [5.74, 6) is -0.159. The van der Waals surface area contributed by atoms with Gasteiger partial charge in [-0.05, 0) is 12.5 Å². The van der Waals surface area contributed by atoms with Crippen LogP contribution in [0, 0.1) is 0 Å². The molecule has 1 N–H and O–H groups in total. The Hall–Kier alpha value is -1.41. The predicted molar refractivity (Wildman–Crippen MR) is 72.0 cm³/mol. The molecule has 1 heterocycles. The Balaban J connectivity index is 2.47. The molecule has 0 unspecified atom stereocenters. The van der Waals surface area contributed by atoms with E-state index in [-0.39, 0.29) is 25.0 Å². The minimum Gasteiger partial charge on any atom is -0.353 e. The molecule has 7 nitrogen and oxygen atoms in total. The highest BCUT2D eigenvalue weighted by molar-refractivity contribution is 7.88. The minimum atomic E-state index is -3.21. The van der Waals surface area contributed by atoms with Gasteiger partial charge in [-0.1, -0.05) is 6.92 Å². The molecule has 1 atom stereocenters. The third kappa shape index (κ3) is 4.64. The highest BCUT2D eigenvalue weighted by Gasteiger charge is 2.18. The van der Waals surface area contributed by atoms with Crippen molar-refractivity contribution < 1.29 is 13.2 Å². The molecule has 8 heteroatoms. The van der Waals surface area contributed by atoms with Crippen LogP contribution in [0.15, 0.2) is 18.5 Å². The van der Waals surface area contributed by atoms with E-state index in [0.717, 1.165) is 6.26 Å². The zero-order valence-electron chi connectivity index (χ0n) is 11.4. The van der Waals surface area contributed by atoms with Gasteiger partial charge in [-0.15, -0.1) is 0 Å². The second kappa shape index (κ2) is 6.67. The molecular weight excluding hydrogens is 268 g/mol. The van der Waals surface area contributed by atoms with Crippen molar-refractivity contribution >= 4 is 15.9 Å². The Bertz CT molecular complexity index is 498. The van der Waals surface area contributed by atoms with Gasteiger partial charge in [-0.3, -0.25) is 9.48 Å². The molecule has 0 radical (unpaired) electrons. The van der Waals surface area contributed by atoms with Gasteiger partial charge in [0.25, 0.3) is 0 Å². The number of nitrogens with one attached hydrogen (secondary N) is 1. The van der Waals surface area contributed by atoms with Gasteiger partial charge < -0.3 is 5.32 Å². The second-order valence-electron chi connectivity index (χ2n) is 4.29. The summed E-state index contributed by atoms with van der Waals surface area (Å²) in [6, 6.07) is 1.39. The lowest BCUT2D eigenvalue weighted by Gasteiger charge is -2.18. The number of likely N-dealkylation sites (N-methyl/N-ethyl adjacent to an activating group) is 1. The average molecular weight is 288 g/mol. The number of amides is 1. The van der Waals surface area contributed by atoms with Gasteiger partial charge in [-0.2, -0.15) is 5.10 Å². The molecular formula is C11H20N4O3S. The van der Waals surface area contributed by atoms with Crippen LogP contribution >= 0.6 is 0 Å². The molecule has 108 valence electrons. The molecule has 1 rings (SSSR count). The van der Waals surface area contributed by atoms with Crippen molar-refractivity contribution in [2.45, 2.75) is 19.4 Å². The zero-order chi connectivity index (χ0) is 14.5. The molecule has 0 aliphatic rings. The van der Waals surface area contributed by atoms with Crippen molar-refractivity contribution in [3.63, 3.8) is 0 Å². The molecule has 19 heavy (non-hydrogen) atoms. The van der Waals surface area contributed by atoms with Crippen LogP contribution in [0.1, 0.15) is 19.4 Å². The first-order valence-electron chi connectivity index (χ1n) is 6.04. The second-order valence-corrected chi connectivity index (χ2v) is 6.38. The quantitative estimate of drug-likeness (QED) is 0.755. The number of carbonyl (C=O) groups excluding carboxylic acids is 1. The lowest BCUT2D eigenvalue weighted by molar-refractivity contribution is -0.124. The van der Waals surface area contributed by atoms with E-state index in [1.54, 1.807) is 23.1 Å². The summed E-state index contributed by atoms with van der Waals surface area (Å²) in [5, 5.41) is 6.76. The van der Waals surface area contributed by atoms with Gasteiger partial charge in [-0.25, -0.2) is 12.7 Å². The number of sulfonamides is 1. The van der Waals surface area contributed by atoms with Gasteiger partial charge in [0.15, 0.2) is 0 Å². The topological polar surface area (TPSA) is 84.3 Å². The van der Waals surface area contributed by atoms with Crippen LogP contribution in [0.25, 0.3) is 0 Å². The molecule has 1 aromatic rings. The summed E-state index contributed by atoms with van der Waals surface area (Å²) >= 11 is 0. The summed E-state index contributed by atoms with van der Waals surface area (Å²) in [4.78, 5) is 12.0. The largest absolute Gasteiger partial charge is 0.353 e. The van der Waals surface area contributed by atoms with Gasteiger partial charge >= 0.3 is 0 Å². The van der Waals surface area contributed by atoms with Crippen molar-refractivity contribution in [2.24, 2.45) is 0 Å². The Labute approximate surface area is 113 Å². The monoisotopic (exact) mass is 288 g/mol. The molecule has 0 bridgehead atoms. The fourth-order valence-corrected chi connectivity index (χ4v) is 2.00. The lowest BCUT2D eigenvalue weighted by Crippen LogP contribution is -2.38. The maximum Gasteiger partial charge on any atom is 0.244 e. The molecule has 0 aliphatic heterocycles. The van der Waals surface area contributed by atoms with E-state index < -0.39 is 10.0 Å². The van der Waals surface area contributed by atoms with Crippen LogP contribution in [0.3, 0.4) is 0 Å². The molecule has 1 aromatic heterocycles. The fourth-order valence-electron chi connectivity index (χ4n) is 1.58. The number of hydrogen-bond donors (Lipinski definition) is 1. The summed E-state index contributed by atoms with van der Waals surface area (Å²) in [6.45, 7) is 2.43.